The molecule has 0 amide bonds. The van der Waals surface area contributed by atoms with Crippen LogP contribution in [0.4, 0.5) is 0 Å². The van der Waals surface area contributed by atoms with E-state index in [-0.39, 0.29) is 0 Å². The number of aryl methyl sites for hydroxylation is 3. The van der Waals surface area contributed by atoms with E-state index in [0.717, 1.165) is 31.4 Å². The summed E-state index contributed by atoms with van der Waals surface area (Å²) in [4.78, 5) is 4.70. The molecule has 0 bridgehead atoms. The zero-order valence-corrected chi connectivity index (χ0v) is 16.2. The van der Waals surface area contributed by atoms with Crippen molar-refractivity contribution >= 4 is 22.4 Å². The molecular weight excluding hydrogens is 326 g/mol. The van der Waals surface area contributed by atoms with Gasteiger partial charge in [0.1, 0.15) is 0 Å². The first-order valence-corrected chi connectivity index (χ1v) is 9.79. The van der Waals surface area contributed by atoms with Crippen LogP contribution in [0, 0.1) is 0 Å². The van der Waals surface area contributed by atoms with E-state index in [0.29, 0.717) is 5.88 Å². The number of nitrogens with zero attached hydrogens (tertiary/aromatic N) is 1. The second-order valence-electron chi connectivity index (χ2n) is 6.57. The zero-order chi connectivity index (χ0) is 17.8. The maximum atomic E-state index is 6.14. The molecule has 0 saturated heterocycles. The van der Waals surface area contributed by atoms with Gasteiger partial charge in [-0.15, -0.1) is 11.6 Å². The molecule has 2 aromatic carbocycles. The summed E-state index contributed by atoms with van der Waals surface area (Å²) in [7, 11) is 0. The van der Waals surface area contributed by atoms with Crippen molar-refractivity contribution in [2.24, 2.45) is 0 Å². The third-order valence-electron chi connectivity index (χ3n) is 5.10. The number of fused-ring (bicyclic) bond motifs is 1. The third kappa shape index (κ3) is 3.72. The standard InChI is InChI=1S/C23H26ClN/c1-4-17-8-7-16(11-21(17)15-24)12-23-22-14-19(6-3)18(5-2)13-20(22)9-10-25-23/h7-11,13-14H,4-6,12,15H2,1-3H3. The van der Waals surface area contributed by atoms with Crippen LogP contribution in [0.5, 0.6) is 0 Å². The molecule has 130 valence electrons. The molecule has 0 saturated carbocycles. The van der Waals surface area contributed by atoms with Crippen LogP contribution in [-0.2, 0) is 31.6 Å². The van der Waals surface area contributed by atoms with Crippen molar-refractivity contribution < 1.29 is 0 Å². The predicted molar refractivity (Wildman–Crippen MR) is 109 cm³/mol. The van der Waals surface area contributed by atoms with Crippen LogP contribution in [0.25, 0.3) is 10.8 Å². The Morgan fingerprint density at radius 2 is 1.52 bits per heavy atom. The number of pyridine rings is 1. The van der Waals surface area contributed by atoms with Gasteiger partial charge in [-0.2, -0.15) is 0 Å². The highest BCUT2D eigenvalue weighted by molar-refractivity contribution is 6.17. The number of hydrogen-bond acceptors (Lipinski definition) is 1. The molecule has 0 N–H and O–H groups in total. The Morgan fingerprint density at radius 3 is 2.20 bits per heavy atom. The normalized spacial score (nSPS) is 11.2. The molecule has 0 aliphatic heterocycles. The average Bonchev–Trinajstić information content (AvgIpc) is 2.66. The van der Waals surface area contributed by atoms with Crippen molar-refractivity contribution in [3.63, 3.8) is 0 Å². The topological polar surface area (TPSA) is 12.9 Å². The van der Waals surface area contributed by atoms with Crippen LogP contribution < -0.4 is 0 Å². The van der Waals surface area contributed by atoms with Gasteiger partial charge in [-0.1, -0.05) is 45.0 Å². The zero-order valence-electron chi connectivity index (χ0n) is 15.4. The summed E-state index contributed by atoms with van der Waals surface area (Å²) in [6.07, 6.45) is 5.95. The highest BCUT2D eigenvalue weighted by Crippen LogP contribution is 2.25. The molecule has 1 aromatic heterocycles. The van der Waals surface area contributed by atoms with Gasteiger partial charge in [0.2, 0.25) is 0 Å². The Balaban J connectivity index is 2.04. The van der Waals surface area contributed by atoms with Crippen LogP contribution >= 0.6 is 11.6 Å². The molecule has 1 heterocycles. The minimum absolute atomic E-state index is 0.569. The lowest BCUT2D eigenvalue weighted by molar-refractivity contribution is 1.03. The molecule has 0 aliphatic carbocycles. The Kier molecular flexibility index (Phi) is 5.75. The number of hydrogen-bond donors (Lipinski definition) is 0. The van der Waals surface area contributed by atoms with Crippen LogP contribution in [0.15, 0.2) is 42.6 Å². The first-order valence-electron chi connectivity index (χ1n) is 9.26. The Labute approximate surface area is 156 Å². The number of alkyl halides is 1. The second kappa shape index (κ2) is 8.01. The van der Waals surface area contributed by atoms with Crippen molar-refractivity contribution in [2.75, 3.05) is 0 Å². The van der Waals surface area contributed by atoms with Gasteiger partial charge in [-0.3, -0.25) is 4.98 Å². The molecule has 25 heavy (non-hydrogen) atoms. The maximum absolute atomic E-state index is 6.14. The summed E-state index contributed by atoms with van der Waals surface area (Å²) in [6, 6.07) is 13.5. The fraction of sp³-hybridized carbons (Fsp3) is 0.348. The van der Waals surface area contributed by atoms with Crippen molar-refractivity contribution in [3.8, 4) is 0 Å². The summed E-state index contributed by atoms with van der Waals surface area (Å²) in [5.74, 6) is 0.569. The lowest BCUT2D eigenvalue weighted by Crippen LogP contribution is -1.99. The first kappa shape index (κ1) is 17.9. The molecule has 0 radical (unpaired) electrons. The number of aromatic nitrogens is 1. The second-order valence-corrected chi connectivity index (χ2v) is 6.84. The SMILES string of the molecule is CCc1cc2ccnc(Cc3ccc(CC)c(CCl)c3)c2cc1CC. The van der Waals surface area contributed by atoms with E-state index in [1.807, 2.05) is 6.20 Å². The average molecular weight is 352 g/mol. The van der Waals surface area contributed by atoms with Gasteiger partial charge in [0.25, 0.3) is 0 Å². The molecule has 3 aromatic rings. The number of benzene rings is 2. The molecule has 1 nitrogen and oxygen atoms in total. The van der Waals surface area contributed by atoms with E-state index in [9.17, 15) is 0 Å². The Morgan fingerprint density at radius 1 is 0.800 bits per heavy atom. The van der Waals surface area contributed by atoms with Gasteiger partial charge in [0, 0.05) is 23.9 Å². The Bertz CT molecular complexity index is 883. The molecule has 0 unspecified atom stereocenters. The molecular formula is C23H26ClN. The summed E-state index contributed by atoms with van der Waals surface area (Å²) in [5, 5.41) is 2.57. The van der Waals surface area contributed by atoms with Crippen molar-refractivity contribution in [3.05, 3.63) is 76.1 Å². The molecule has 0 spiro atoms. The van der Waals surface area contributed by atoms with E-state index in [1.54, 1.807) is 0 Å². The number of rotatable bonds is 6. The fourth-order valence-electron chi connectivity index (χ4n) is 3.62. The molecule has 3 rings (SSSR count). The van der Waals surface area contributed by atoms with Gasteiger partial charge in [-0.25, -0.2) is 0 Å². The monoisotopic (exact) mass is 351 g/mol. The smallest absolute Gasteiger partial charge is 0.0525 e. The highest BCUT2D eigenvalue weighted by Gasteiger charge is 2.09. The predicted octanol–water partition coefficient (Wildman–Crippen LogP) is 6.25. The summed E-state index contributed by atoms with van der Waals surface area (Å²) in [6.45, 7) is 6.63. The number of halogens is 1. The molecule has 0 aliphatic rings. The van der Waals surface area contributed by atoms with E-state index in [2.05, 4.69) is 57.2 Å². The Hall–Kier alpha value is -1.86. The fourth-order valence-corrected chi connectivity index (χ4v) is 3.87. The van der Waals surface area contributed by atoms with Crippen LogP contribution in [-0.4, -0.2) is 4.98 Å². The van der Waals surface area contributed by atoms with Crippen LogP contribution in [0.2, 0.25) is 0 Å². The van der Waals surface area contributed by atoms with E-state index < -0.39 is 0 Å². The maximum Gasteiger partial charge on any atom is 0.0525 e. The third-order valence-corrected chi connectivity index (χ3v) is 5.38. The largest absolute Gasteiger partial charge is 0.260 e. The lowest BCUT2D eigenvalue weighted by atomic mass is 9.95. The van der Waals surface area contributed by atoms with Gasteiger partial charge in [0.05, 0.1) is 5.69 Å². The lowest BCUT2D eigenvalue weighted by Gasteiger charge is -2.12. The molecule has 0 atom stereocenters. The van der Waals surface area contributed by atoms with Crippen LogP contribution in [0.1, 0.15) is 54.3 Å². The minimum Gasteiger partial charge on any atom is -0.260 e. The highest BCUT2D eigenvalue weighted by atomic mass is 35.5. The summed E-state index contributed by atoms with van der Waals surface area (Å²) in [5.41, 5.74) is 7.90. The summed E-state index contributed by atoms with van der Waals surface area (Å²) < 4.78 is 0. The molecule has 2 heteroatoms. The minimum atomic E-state index is 0.569. The van der Waals surface area contributed by atoms with Gasteiger partial charge in [0.15, 0.2) is 0 Å². The summed E-state index contributed by atoms with van der Waals surface area (Å²) >= 11 is 6.14. The van der Waals surface area contributed by atoms with Gasteiger partial charge < -0.3 is 0 Å². The molecule has 0 fully saturated rings. The van der Waals surface area contributed by atoms with Crippen molar-refractivity contribution in [1.29, 1.82) is 0 Å². The van der Waals surface area contributed by atoms with Gasteiger partial charge in [-0.05, 0) is 64.6 Å². The first-order chi connectivity index (χ1) is 12.2. The van der Waals surface area contributed by atoms with E-state index in [4.69, 9.17) is 16.6 Å². The van der Waals surface area contributed by atoms with Crippen molar-refractivity contribution in [1.82, 2.24) is 4.98 Å². The van der Waals surface area contributed by atoms with E-state index >= 15 is 0 Å². The van der Waals surface area contributed by atoms with Crippen molar-refractivity contribution in [2.45, 2.75) is 52.3 Å². The van der Waals surface area contributed by atoms with Gasteiger partial charge >= 0.3 is 0 Å². The van der Waals surface area contributed by atoms with Crippen LogP contribution in [0.3, 0.4) is 0 Å². The quantitative estimate of drug-likeness (QED) is 0.478. The van der Waals surface area contributed by atoms with E-state index in [1.165, 1.54) is 38.6 Å².